The highest BCUT2D eigenvalue weighted by Crippen LogP contribution is 2.23. The molecule has 0 bridgehead atoms. The summed E-state index contributed by atoms with van der Waals surface area (Å²) in [4.78, 5) is 14.2. The fraction of sp³-hybridized carbons (Fsp3) is 0.917. The molecule has 2 aliphatic rings. The van der Waals surface area contributed by atoms with E-state index in [1.54, 1.807) is 0 Å². The van der Waals surface area contributed by atoms with Crippen LogP contribution in [0.4, 0.5) is 0 Å². The Labute approximate surface area is 92.2 Å². The first-order valence-electron chi connectivity index (χ1n) is 6.30. The third-order valence-corrected chi connectivity index (χ3v) is 3.70. The van der Waals surface area contributed by atoms with Crippen LogP contribution < -0.4 is 5.32 Å². The van der Waals surface area contributed by atoms with Crippen LogP contribution >= 0.6 is 0 Å². The van der Waals surface area contributed by atoms with Gasteiger partial charge in [0, 0.05) is 19.6 Å². The number of rotatable bonds is 3. The second-order valence-corrected chi connectivity index (χ2v) is 4.92. The monoisotopic (exact) mass is 210 g/mol. The van der Waals surface area contributed by atoms with Crippen molar-refractivity contribution in [3.8, 4) is 0 Å². The summed E-state index contributed by atoms with van der Waals surface area (Å²) in [6.45, 7) is 6.16. The van der Waals surface area contributed by atoms with E-state index >= 15 is 0 Å². The van der Waals surface area contributed by atoms with E-state index in [1.165, 1.54) is 19.3 Å². The number of nitrogens with one attached hydrogen (secondary N) is 1. The average molecular weight is 210 g/mol. The zero-order valence-corrected chi connectivity index (χ0v) is 9.67. The van der Waals surface area contributed by atoms with Crippen molar-refractivity contribution < 1.29 is 4.79 Å². The van der Waals surface area contributed by atoms with Gasteiger partial charge >= 0.3 is 0 Å². The Morgan fingerprint density at radius 2 is 2.33 bits per heavy atom. The van der Waals surface area contributed by atoms with Gasteiger partial charge in [-0.15, -0.1) is 0 Å². The van der Waals surface area contributed by atoms with Crippen molar-refractivity contribution in [1.82, 2.24) is 10.2 Å². The van der Waals surface area contributed by atoms with Crippen LogP contribution in [0, 0.1) is 11.8 Å². The molecule has 2 unspecified atom stereocenters. The second-order valence-electron chi connectivity index (χ2n) is 4.92. The van der Waals surface area contributed by atoms with Gasteiger partial charge in [0.15, 0.2) is 0 Å². The number of hydrogen-bond acceptors (Lipinski definition) is 2. The molecule has 15 heavy (non-hydrogen) atoms. The number of likely N-dealkylation sites (tertiary alicyclic amines) is 1. The molecule has 1 N–H and O–H groups in total. The van der Waals surface area contributed by atoms with Gasteiger partial charge in [0.25, 0.3) is 0 Å². The maximum Gasteiger partial charge on any atom is 0.227 e. The predicted molar refractivity (Wildman–Crippen MR) is 60.6 cm³/mol. The fourth-order valence-electron chi connectivity index (χ4n) is 2.80. The topological polar surface area (TPSA) is 32.3 Å². The van der Waals surface area contributed by atoms with Crippen LogP contribution in [0.2, 0.25) is 0 Å². The quantitative estimate of drug-likeness (QED) is 0.760. The van der Waals surface area contributed by atoms with Gasteiger partial charge < -0.3 is 10.2 Å². The molecule has 2 fully saturated rings. The molecular formula is C12H22N2O. The number of carbonyl (C=O) groups is 1. The van der Waals surface area contributed by atoms with Gasteiger partial charge in [-0.2, -0.15) is 0 Å². The molecular weight excluding hydrogens is 188 g/mol. The van der Waals surface area contributed by atoms with E-state index < -0.39 is 0 Å². The van der Waals surface area contributed by atoms with Gasteiger partial charge in [-0.25, -0.2) is 0 Å². The highest BCUT2D eigenvalue weighted by molar-refractivity contribution is 5.79. The highest BCUT2D eigenvalue weighted by Gasteiger charge is 2.31. The van der Waals surface area contributed by atoms with Gasteiger partial charge in [0.2, 0.25) is 5.91 Å². The first kappa shape index (κ1) is 10.9. The van der Waals surface area contributed by atoms with Crippen LogP contribution in [-0.4, -0.2) is 37.0 Å². The summed E-state index contributed by atoms with van der Waals surface area (Å²) in [5.41, 5.74) is 0. The smallest absolute Gasteiger partial charge is 0.227 e. The van der Waals surface area contributed by atoms with E-state index in [0.29, 0.717) is 5.91 Å². The number of carbonyl (C=O) groups excluding carboxylic acids is 1. The Morgan fingerprint density at radius 3 is 3.00 bits per heavy atom. The summed E-state index contributed by atoms with van der Waals surface area (Å²) in [7, 11) is 0. The Morgan fingerprint density at radius 1 is 1.47 bits per heavy atom. The van der Waals surface area contributed by atoms with Crippen molar-refractivity contribution in [1.29, 1.82) is 0 Å². The standard InChI is InChI=1S/C12H22N2O/c1-2-3-10-5-7-14(9-10)12(15)11-4-6-13-8-11/h10-11,13H,2-9H2,1H3. The average Bonchev–Trinajstić information content (AvgIpc) is 2.87. The predicted octanol–water partition coefficient (Wildman–Crippen LogP) is 1.24. The van der Waals surface area contributed by atoms with Crippen molar-refractivity contribution in [2.24, 2.45) is 11.8 Å². The molecule has 1 amide bonds. The number of amides is 1. The molecule has 3 heteroatoms. The molecule has 0 aromatic carbocycles. The van der Waals surface area contributed by atoms with Gasteiger partial charge in [-0.05, 0) is 31.7 Å². The Kier molecular flexibility index (Phi) is 3.62. The summed E-state index contributed by atoms with van der Waals surface area (Å²) in [5, 5.41) is 3.27. The van der Waals surface area contributed by atoms with Crippen LogP contribution in [0.5, 0.6) is 0 Å². The van der Waals surface area contributed by atoms with Crippen molar-refractivity contribution >= 4 is 5.91 Å². The van der Waals surface area contributed by atoms with Crippen molar-refractivity contribution in [2.75, 3.05) is 26.2 Å². The van der Waals surface area contributed by atoms with Crippen LogP contribution in [0.15, 0.2) is 0 Å². The van der Waals surface area contributed by atoms with Crippen LogP contribution in [0.1, 0.15) is 32.6 Å². The second kappa shape index (κ2) is 4.97. The number of hydrogen-bond donors (Lipinski definition) is 1. The third-order valence-electron chi connectivity index (χ3n) is 3.70. The van der Waals surface area contributed by atoms with Gasteiger partial charge in [0.1, 0.15) is 0 Å². The van der Waals surface area contributed by atoms with E-state index in [4.69, 9.17) is 0 Å². The molecule has 0 saturated carbocycles. The summed E-state index contributed by atoms with van der Waals surface area (Å²) in [6, 6.07) is 0. The Hall–Kier alpha value is -0.570. The zero-order chi connectivity index (χ0) is 10.7. The van der Waals surface area contributed by atoms with Gasteiger partial charge in [-0.1, -0.05) is 13.3 Å². The van der Waals surface area contributed by atoms with Crippen LogP contribution in [0.3, 0.4) is 0 Å². The van der Waals surface area contributed by atoms with Gasteiger partial charge in [-0.3, -0.25) is 4.79 Å². The van der Waals surface area contributed by atoms with E-state index in [2.05, 4.69) is 17.1 Å². The lowest BCUT2D eigenvalue weighted by Gasteiger charge is -2.20. The van der Waals surface area contributed by atoms with Crippen LogP contribution in [0.25, 0.3) is 0 Å². The summed E-state index contributed by atoms with van der Waals surface area (Å²) < 4.78 is 0. The molecule has 0 spiro atoms. The largest absolute Gasteiger partial charge is 0.342 e. The van der Waals surface area contributed by atoms with E-state index in [9.17, 15) is 4.79 Å². The molecule has 2 saturated heterocycles. The van der Waals surface area contributed by atoms with Gasteiger partial charge in [0.05, 0.1) is 5.92 Å². The summed E-state index contributed by atoms with van der Waals surface area (Å²) in [6.07, 6.45) is 4.79. The molecule has 0 aliphatic carbocycles. The minimum atomic E-state index is 0.269. The minimum Gasteiger partial charge on any atom is -0.342 e. The third kappa shape index (κ3) is 2.51. The van der Waals surface area contributed by atoms with E-state index in [-0.39, 0.29) is 5.92 Å². The molecule has 2 heterocycles. The normalized spacial score (nSPS) is 31.1. The molecule has 2 aliphatic heterocycles. The van der Waals surface area contributed by atoms with Crippen molar-refractivity contribution in [3.63, 3.8) is 0 Å². The fourth-order valence-corrected chi connectivity index (χ4v) is 2.80. The zero-order valence-electron chi connectivity index (χ0n) is 9.67. The van der Waals surface area contributed by atoms with Crippen molar-refractivity contribution in [2.45, 2.75) is 32.6 Å². The molecule has 0 aromatic heterocycles. The molecule has 0 aromatic rings. The molecule has 2 atom stereocenters. The molecule has 2 rings (SSSR count). The summed E-state index contributed by atoms with van der Waals surface area (Å²) in [5.74, 6) is 1.44. The van der Waals surface area contributed by atoms with Crippen LogP contribution in [-0.2, 0) is 4.79 Å². The SMILES string of the molecule is CCCC1CCN(C(=O)C2CCNC2)C1. The van der Waals surface area contributed by atoms with Crippen molar-refractivity contribution in [3.05, 3.63) is 0 Å². The lowest BCUT2D eigenvalue weighted by molar-refractivity contribution is -0.133. The first-order valence-corrected chi connectivity index (χ1v) is 6.30. The Balaban J connectivity index is 1.81. The minimum absolute atomic E-state index is 0.269. The van der Waals surface area contributed by atoms with E-state index in [1.807, 2.05) is 0 Å². The Bertz CT molecular complexity index is 224. The van der Waals surface area contributed by atoms with E-state index in [0.717, 1.165) is 38.5 Å². The lowest BCUT2D eigenvalue weighted by Crippen LogP contribution is -2.35. The first-order chi connectivity index (χ1) is 7.31. The number of nitrogens with zero attached hydrogens (tertiary/aromatic N) is 1. The molecule has 0 radical (unpaired) electrons. The molecule has 86 valence electrons. The summed E-state index contributed by atoms with van der Waals surface area (Å²) >= 11 is 0. The highest BCUT2D eigenvalue weighted by atomic mass is 16.2. The maximum atomic E-state index is 12.1. The maximum absolute atomic E-state index is 12.1. The molecule has 3 nitrogen and oxygen atoms in total. The lowest BCUT2D eigenvalue weighted by atomic mass is 10.0.